The summed E-state index contributed by atoms with van der Waals surface area (Å²) < 4.78 is 2.03. The number of fused-ring (bicyclic) bond motifs is 2. The van der Waals surface area contributed by atoms with E-state index in [-0.39, 0.29) is 0 Å². The maximum atomic E-state index is 4.99. The highest BCUT2D eigenvalue weighted by molar-refractivity contribution is 5.81. The quantitative estimate of drug-likeness (QED) is 0.635. The number of hydrogen-bond donors (Lipinski definition) is 2. The molecule has 3 aromatic heterocycles. The normalized spacial score (nSPS) is 23.0. The van der Waals surface area contributed by atoms with Crippen molar-refractivity contribution in [3.05, 3.63) is 24.5 Å². The molecule has 0 unspecified atom stereocenters. The predicted molar refractivity (Wildman–Crippen MR) is 127 cm³/mol. The maximum Gasteiger partial charge on any atom is 0.229 e. The molecule has 3 aliphatic rings. The number of nitrogens with zero attached hydrogens (tertiary/aromatic N) is 7. The Bertz CT molecular complexity index is 1110. The lowest BCUT2D eigenvalue weighted by molar-refractivity contribution is 0.533. The van der Waals surface area contributed by atoms with Crippen LogP contribution in [0.2, 0.25) is 0 Å². The molecule has 3 aromatic rings. The Labute approximate surface area is 188 Å². The summed E-state index contributed by atoms with van der Waals surface area (Å²) in [5, 5.41) is 12.5. The smallest absolute Gasteiger partial charge is 0.229 e. The average Bonchev–Trinajstić information content (AvgIpc) is 3.56. The van der Waals surface area contributed by atoms with Crippen LogP contribution in [0.25, 0.3) is 10.9 Å². The molecule has 6 heterocycles. The van der Waals surface area contributed by atoms with E-state index in [0.29, 0.717) is 6.04 Å². The van der Waals surface area contributed by atoms with Gasteiger partial charge in [-0.25, -0.2) is 4.98 Å². The zero-order valence-electron chi connectivity index (χ0n) is 18.8. The molecule has 3 fully saturated rings. The van der Waals surface area contributed by atoms with E-state index in [1.165, 1.54) is 12.8 Å². The summed E-state index contributed by atoms with van der Waals surface area (Å²) in [5.74, 6) is 4.86. The van der Waals surface area contributed by atoms with Crippen molar-refractivity contribution in [1.82, 2.24) is 30.0 Å². The van der Waals surface area contributed by atoms with Crippen molar-refractivity contribution < 1.29 is 0 Å². The number of aromatic nitrogens is 5. The van der Waals surface area contributed by atoms with E-state index in [2.05, 4.69) is 56.5 Å². The van der Waals surface area contributed by atoms with E-state index in [0.717, 1.165) is 85.4 Å². The highest BCUT2D eigenvalue weighted by atomic mass is 15.3. The summed E-state index contributed by atoms with van der Waals surface area (Å²) in [6, 6.07) is 4.44. The topological polar surface area (TPSA) is 87.0 Å². The van der Waals surface area contributed by atoms with Gasteiger partial charge in [0.15, 0.2) is 0 Å². The zero-order valence-corrected chi connectivity index (χ0v) is 18.8. The van der Waals surface area contributed by atoms with Gasteiger partial charge in [0.05, 0.1) is 11.7 Å². The Morgan fingerprint density at radius 1 is 0.969 bits per heavy atom. The third-order valence-electron chi connectivity index (χ3n) is 7.03. The second kappa shape index (κ2) is 7.88. The van der Waals surface area contributed by atoms with Crippen molar-refractivity contribution in [2.24, 2.45) is 11.8 Å². The first-order chi connectivity index (χ1) is 15.6. The summed E-state index contributed by atoms with van der Waals surface area (Å²) >= 11 is 0. The molecule has 2 N–H and O–H groups in total. The summed E-state index contributed by atoms with van der Waals surface area (Å²) in [4.78, 5) is 19.2. The van der Waals surface area contributed by atoms with E-state index in [1.54, 1.807) is 0 Å². The number of pyridine rings is 1. The predicted octanol–water partition coefficient (Wildman–Crippen LogP) is 2.80. The molecule has 32 heavy (non-hydrogen) atoms. The van der Waals surface area contributed by atoms with Gasteiger partial charge in [0.2, 0.25) is 5.95 Å². The minimum Gasteiger partial charge on any atom is -0.356 e. The molecule has 9 nitrogen and oxygen atoms in total. The minimum atomic E-state index is 0.291. The molecule has 3 aliphatic heterocycles. The molecule has 9 heteroatoms. The molecule has 0 saturated carbocycles. The molecular formula is C23H31N9. The minimum absolute atomic E-state index is 0.291. The monoisotopic (exact) mass is 433 g/mol. The van der Waals surface area contributed by atoms with Crippen molar-refractivity contribution in [2.75, 3.05) is 54.4 Å². The van der Waals surface area contributed by atoms with Gasteiger partial charge in [0, 0.05) is 69.0 Å². The van der Waals surface area contributed by atoms with Crippen molar-refractivity contribution in [2.45, 2.75) is 32.7 Å². The Balaban J connectivity index is 1.33. The number of hydrogen-bond acceptors (Lipinski definition) is 8. The summed E-state index contributed by atoms with van der Waals surface area (Å²) in [7, 11) is 0. The van der Waals surface area contributed by atoms with Crippen LogP contribution in [-0.4, -0.2) is 64.0 Å². The molecule has 0 aromatic carbocycles. The van der Waals surface area contributed by atoms with E-state index < -0.39 is 0 Å². The fourth-order valence-electron chi connectivity index (χ4n) is 5.30. The molecule has 0 radical (unpaired) electrons. The van der Waals surface area contributed by atoms with Crippen LogP contribution in [-0.2, 0) is 0 Å². The van der Waals surface area contributed by atoms with Crippen molar-refractivity contribution >= 4 is 34.3 Å². The lowest BCUT2D eigenvalue weighted by Gasteiger charge is -2.23. The fourth-order valence-corrected chi connectivity index (χ4v) is 5.30. The first-order valence-corrected chi connectivity index (χ1v) is 11.8. The average molecular weight is 434 g/mol. The van der Waals surface area contributed by atoms with Gasteiger partial charge in [-0.15, -0.1) is 0 Å². The summed E-state index contributed by atoms with van der Waals surface area (Å²) in [6.45, 7) is 10.7. The molecular weight excluding hydrogens is 402 g/mol. The van der Waals surface area contributed by atoms with Crippen molar-refractivity contribution in [3.63, 3.8) is 0 Å². The Morgan fingerprint density at radius 3 is 2.50 bits per heavy atom. The molecule has 0 aliphatic carbocycles. The van der Waals surface area contributed by atoms with Gasteiger partial charge in [0.25, 0.3) is 0 Å². The molecule has 3 saturated heterocycles. The number of anilines is 4. The Kier molecular flexibility index (Phi) is 4.86. The Hall–Kier alpha value is -2.94. The molecule has 168 valence electrons. The van der Waals surface area contributed by atoms with Crippen LogP contribution < -0.4 is 20.4 Å². The van der Waals surface area contributed by atoms with Gasteiger partial charge in [-0.05, 0) is 38.5 Å². The first kappa shape index (κ1) is 19.7. The van der Waals surface area contributed by atoms with Gasteiger partial charge < -0.3 is 20.4 Å². The van der Waals surface area contributed by atoms with Gasteiger partial charge in [0.1, 0.15) is 17.5 Å². The van der Waals surface area contributed by atoms with Crippen LogP contribution in [0.4, 0.5) is 23.4 Å². The van der Waals surface area contributed by atoms with Gasteiger partial charge in [-0.1, -0.05) is 0 Å². The van der Waals surface area contributed by atoms with Gasteiger partial charge >= 0.3 is 0 Å². The van der Waals surface area contributed by atoms with Crippen molar-refractivity contribution in [3.8, 4) is 0 Å². The van der Waals surface area contributed by atoms with Crippen molar-refractivity contribution in [1.29, 1.82) is 0 Å². The SMILES string of the molecule is CC(C)n1ncc2cnc(Nc3cc(N4C[C@H]5CNC[C@H]5C4)nc(N4CCCC4)n3)cc21. The summed E-state index contributed by atoms with van der Waals surface area (Å²) in [6.07, 6.45) is 6.15. The third-order valence-corrected chi connectivity index (χ3v) is 7.03. The fraction of sp³-hybridized carbons (Fsp3) is 0.565. The lowest BCUT2D eigenvalue weighted by atomic mass is 10.0. The highest BCUT2D eigenvalue weighted by Gasteiger charge is 2.37. The maximum absolute atomic E-state index is 4.99. The van der Waals surface area contributed by atoms with Crippen LogP contribution in [0.1, 0.15) is 32.7 Å². The standard InChI is InChI=1S/C23H31N9/c1-15(2)32-19-7-20(25-11-16(19)12-26-32)27-21-8-22(29-23(28-21)30-5-3-4-6-30)31-13-17-9-24-10-18(17)14-31/h7-8,11-12,15,17-18,24H,3-6,9-10,13-14H2,1-2H3,(H,25,27,28,29)/t17-,18+. The van der Waals surface area contributed by atoms with Gasteiger partial charge in [-0.2, -0.15) is 15.1 Å². The Morgan fingerprint density at radius 2 is 1.75 bits per heavy atom. The van der Waals surface area contributed by atoms with Crippen LogP contribution >= 0.6 is 0 Å². The zero-order chi connectivity index (χ0) is 21.7. The lowest BCUT2D eigenvalue weighted by Crippen LogP contribution is -2.28. The first-order valence-electron chi connectivity index (χ1n) is 11.8. The van der Waals surface area contributed by atoms with E-state index in [4.69, 9.17) is 9.97 Å². The van der Waals surface area contributed by atoms with Crippen LogP contribution in [0.5, 0.6) is 0 Å². The highest BCUT2D eigenvalue weighted by Crippen LogP contribution is 2.32. The van der Waals surface area contributed by atoms with E-state index in [9.17, 15) is 0 Å². The van der Waals surface area contributed by atoms with E-state index in [1.807, 2.05) is 17.1 Å². The van der Waals surface area contributed by atoms with Crippen LogP contribution in [0, 0.1) is 11.8 Å². The summed E-state index contributed by atoms with van der Waals surface area (Å²) in [5.41, 5.74) is 1.08. The second-order valence-corrected chi connectivity index (χ2v) is 9.63. The van der Waals surface area contributed by atoms with E-state index >= 15 is 0 Å². The van der Waals surface area contributed by atoms with Gasteiger partial charge in [-0.3, -0.25) is 4.68 Å². The third kappa shape index (κ3) is 3.54. The second-order valence-electron chi connectivity index (χ2n) is 9.63. The van der Waals surface area contributed by atoms with Crippen LogP contribution in [0.3, 0.4) is 0 Å². The molecule has 0 amide bonds. The molecule has 0 bridgehead atoms. The number of rotatable bonds is 5. The molecule has 2 atom stereocenters. The number of nitrogens with one attached hydrogen (secondary N) is 2. The molecule has 6 rings (SSSR count). The van der Waals surface area contributed by atoms with Crippen LogP contribution in [0.15, 0.2) is 24.5 Å². The largest absolute Gasteiger partial charge is 0.356 e. The molecule has 0 spiro atoms.